The molecule has 10 heteroatoms. The largest absolute Gasteiger partial charge is 0.504 e. The van der Waals surface area contributed by atoms with E-state index in [0.717, 1.165) is 0 Å². The maximum atomic E-state index is 13.8. The molecular weight excluding hydrogens is 417 g/mol. The van der Waals surface area contributed by atoms with Crippen molar-refractivity contribution in [1.29, 1.82) is 0 Å². The highest BCUT2D eigenvalue weighted by molar-refractivity contribution is 5.95. The van der Waals surface area contributed by atoms with Crippen molar-refractivity contribution in [3.8, 4) is 22.8 Å². The zero-order valence-electron chi connectivity index (χ0n) is 16.7. The molecular formula is C22H18FN5O4. The summed E-state index contributed by atoms with van der Waals surface area (Å²) < 4.78 is 20.7. The van der Waals surface area contributed by atoms with Crippen molar-refractivity contribution < 1.29 is 23.5 Å². The number of benzene rings is 2. The Kier molecular flexibility index (Phi) is 5.93. The normalized spacial score (nSPS) is 10.7. The van der Waals surface area contributed by atoms with Crippen LogP contribution in [0.25, 0.3) is 17.0 Å². The highest BCUT2D eigenvalue weighted by atomic mass is 19.1. The highest BCUT2D eigenvalue weighted by Gasteiger charge is 2.18. The molecule has 9 nitrogen and oxygen atoms in total. The predicted octanol–water partition coefficient (Wildman–Crippen LogP) is 2.77. The number of nitrogens with one attached hydrogen (secondary N) is 2. The highest BCUT2D eigenvalue weighted by Crippen LogP contribution is 2.23. The average molecular weight is 435 g/mol. The Hall–Kier alpha value is -4.47. The molecule has 0 spiro atoms. The SMILES string of the molecule is O=C(CCc1ncc(-c2ccccc2F)o1)NNC(=O)c1nn(-c2ccccc2)cc1O. The van der Waals surface area contributed by atoms with Gasteiger partial charge < -0.3 is 9.52 Å². The van der Waals surface area contributed by atoms with E-state index in [-0.39, 0.29) is 41.5 Å². The molecule has 32 heavy (non-hydrogen) atoms. The summed E-state index contributed by atoms with van der Waals surface area (Å²) in [7, 11) is 0. The number of hydrogen-bond acceptors (Lipinski definition) is 6. The molecule has 4 rings (SSSR count). The average Bonchev–Trinajstić information content (AvgIpc) is 3.44. The maximum Gasteiger partial charge on any atom is 0.294 e. The number of carbonyl (C=O) groups excluding carboxylic acids is 2. The Morgan fingerprint density at radius 3 is 2.59 bits per heavy atom. The second-order valence-electron chi connectivity index (χ2n) is 6.74. The van der Waals surface area contributed by atoms with E-state index in [0.29, 0.717) is 5.69 Å². The second-order valence-corrected chi connectivity index (χ2v) is 6.74. The first kappa shape index (κ1) is 20.8. The number of oxazole rings is 1. The van der Waals surface area contributed by atoms with Gasteiger partial charge in [0.05, 0.1) is 23.6 Å². The number of hydrogen-bond donors (Lipinski definition) is 3. The van der Waals surface area contributed by atoms with Gasteiger partial charge in [-0.05, 0) is 24.3 Å². The summed E-state index contributed by atoms with van der Waals surface area (Å²) >= 11 is 0. The summed E-state index contributed by atoms with van der Waals surface area (Å²) in [5, 5.41) is 14.0. The lowest BCUT2D eigenvalue weighted by Crippen LogP contribution is -2.42. The summed E-state index contributed by atoms with van der Waals surface area (Å²) in [6, 6.07) is 15.1. The number of aromatic hydroxyl groups is 1. The number of hydrazine groups is 1. The van der Waals surface area contributed by atoms with Gasteiger partial charge in [0.1, 0.15) is 5.82 Å². The first-order chi connectivity index (χ1) is 15.5. The second kappa shape index (κ2) is 9.13. The van der Waals surface area contributed by atoms with E-state index < -0.39 is 17.6 Å². The van der Waals surface area contributed by atoms with Crippen LogP contribution in [-0.2, 0) is 11.2 Å². The molecule has 0 saturated heterocycles. The van der Waals surface area contributed by atoms with Crippen LogP contribution >= 0.6 is 0 Å². The molecule has 2 aromatic heterocycles. The Labute approximate surface area is 181 Å². The van der Waals surface area contributed by atoms with Gasteiger partial charge in [0, 0.05) is 12.8 Å². The minimum absolute atomic E-state index is 0.0397. The molecule has 0 aliphatic rings. The molecule has 0 aliphatic heterocycles. The van der Waals surface area contributed by atoms with Gasteiger partial charge in [-0.1, -0.05) is 30.3 Å². The van der Waals surface area contributed by atoms with E-state index in [1.54, 1.807) is 42.5 Å². The lowest BCUT2D eigenvalue weighted by atomic mass is 10.2. The first-order valence-electron chi connectivity index (χ1n) is 9.64. The summed E-state index contributed by atoms with van der Waals surface area (Å²) in [5.41, 5.74) is 5.15. The molecule has 4 aromatic rings. The zero-order valence-corrected chi connectivity index (χ0v) is 16.7. The third kappa shape index (κ3) is 4.64. The number of carbonyl (C=O) groups is 2. The molecule has 2 heterocycles. The van der Waals surface area contributed by atoms with Gasteiger partial charge in [-0.25, -0.2) is 14.1 Å². The number of nitrogens with zero attached hydrogens (tertiary/aromatic N) is 3. The van der Waals surface area contributed by atoms with Gasteiger partial charge in [0.2, 0.25) is 5.91 Å². The molecule has 0 bridgehead atoms. The fourth-order valence-electron chi connectivity index (χ4n) is 2.92. The molecule has 0 aliphatic carbocycles. The van der Waals surface area contributed by atoms with Gasteiger partial charge in [-0.2, -0.15) is 5.10 Å². The zero-order chi connectivity index (χ0) is 22.5. The number of aryl methyl sites for hydroxylation is 1. The van der Waals surface area contributed by atoms with Gasteiger partial charge in [-0.15, -0.1) is 0 Å². The van der Waals surface area contributed by atoms with Gasteiger partial charge in [0.15, 0.2) is 23.1 Å². The van der Waals surface area contributed by atoms with Crippen molar-refractivity contribution in [3.05, 3.63) is 84.4 Å². The number of para-hydroxylation sites is 1. The summed E-state index contributed by atoms with van der Waals surface area (Å²) in [6.45, 7) is 0. The quantitative estimate of drug-likeness (QED) is 0.400. The summed E-state index contributed by atoms with van der Waals surface area (Å²) in [4.78, 5) is 28.3. The number of halogens is 1. The van der Waals surface area contributed by atoms with Crippen molar-refractivity contribution >= 4 is 11.8 Å². The topological polar surface area (TPSA) is 122 Å². The van der Waals surface area contributed by atoms with E-state index >= 15 is 0 Å². The van der Waals surface area contributed by atoms with Gasteiger partial charge >= 0.3 is 0 Å². The van der Waals surface area contributed by atoms with Crippen LogP contribution in [0.5, 0.6) is 5.75 Å². The van der Waals surface area contributed by atoms with Gasteiger partial charge in [-0.3, -0.25) is 20.4 Å². The molecule has 2 aromatic carbocycles. The Morgan fingerprint density at radius 1 is 1.06 bits per heavy atom. The monoisotopic (exact) mass is 435 g/mol. The van der Waals surface area contributed by atoms with E-state index in [4.69, 9.17) is 4.42 Å². The standard InChI is InChI=1S/C22H18FN5O4/c23-16-9-5-4-8-15(16)18-12-24-20(32-18)11-10-19(30)25-26-22(31)21-17(29)13-28(27-21)14-6-2-1-3-7-14/h1-9,12-13,29H,10-11H2,(H,25,30)(H,26,31). The molecule has 0 saturated carbocycles. The maximum absolute atomic E-state index is 13.8. The molecule has 2 amide bonds. The summed E-state index contributed by atoms with van der Waals surface area (Å²) in [5.74, 6) is -1.54. The van der Waals surface area contributed by atoms with Crippen molar-refractivity contribution in [3.63, 3.8) is 0 Å². The van der Waals surface area contributed by atoms with Crippen LogP contribution in [0.3, 0.4) is 0 Å². The van der Waals surface area contributed by atoms with Crippen LogP contribution in [0.1, 0.15) is 22.8 Å². The Morgan fingerprint density at radius 2 is 1.81 bits per heavy atom. The van der Waals surface area contributed by atoms with E-state index in [1.165, 1.54) is 23.1 Å². The van der Waals surface area contributed by atoms with Gasteiger partial charge in [0.25, 0.3) is 5.91 Å². The fraction of sp³-hybridized carbons (Fsp3) is 0.0909. The smallest absolute Gasteiger partial charge is 0.294 e. The third-order valence-electron chi connectivity index (χ3n) is 4.50. The lowest BCUT2D eigenvalue weighted by Gasteiger charge is -2.05. The Balaban J connectivity index is 1.30. The number of rotatable bonds is 6. The van der Waals surface area contributed by atoms with Crippen molar-refractivity contribution in [2.24, 2.45) is 0 Å². The fourth-order valence-corrected chi connectivity index (χ4v) is 2.92. The van der Waals surface area contributed by atoms with Crippen LogP contribution in [0.15, 0.2) is 71.4 Å². The number of amides is 2. The van der Waals surface area contributed by atoms with Crippen LogP contribution in [0.2, 0.25) is 0 Å². The van der Waals surface area contributed by atoms with Crippen LogP contribution in [-0.4, -0.2) is 31.7 Å². The molecule has 0 radical (unpaired) electrons. The van der Waals surface area contributed by atoms with Crippen molar-refractivity contribution in [1.82, 2.24) is 25.6 Å². The van der Waals surface area contributed by atoms with E-state index in [9.17, 15) is 19.1 Å². The predicted molar refractivity (Wildman–Crippen MR) is 111 cm³/mol. The van der Waals surface area contributed by atoms with Crippen LogP contribution in [0, 0.1) is 5.82 Å². The minimum Gasteiger partial charge on any atom is -0.504 e. The molecule has 0 fully saturated rings. The first-order valence-corrected chi connectivity index (χ1v) is 9.64. The van der Waals surface area contributed by atoms with E-state index in [2.05, 4.69) is 20.9 Å². The Bertz CT molecular complexity index is 1250. The van der Waals surface area contributed by atoms with Crippen LogP contribution < -0.4 is 10.9 Å². The van der Waals surface area contributed by atoms with Crippen molar-refractivity contribution in [2.45, 2.75) is 12.8 Å². The summed E-state index contributed by atoms with van der Waals surface area (Å²) in [6.07, 6.45) is 2.78. The van der Waals surface area contributed by atoms with Crippen molar-refractivity contribution in [2.75, 3.05) is 0 Å². The number of aromatic nitrogens is 3. The molecule has 162 valence electrons. The molecule has 3 N–H and O–H groups in total. The van der Waals surface area contributed by atoms with Crippen LogP contribution in [0.4, 0.5) is 4.39 Å². The third-order valence-corrected chi connectivity index (χ3v) is 4.50. The molecule has 0 atom stereocenters. The van der Waals surface area contributed by atoms with E-state index in [1.807, 2.05) is 6.07 Å². The molecule has 0 unspecified atom stereocenters. The minimum atomic E-state index is -0.775. The lowest BCUT2D eigenvalue weighted by molar-refractivity contribution is -0.121.